The first-order valence-corrected chi connectivity index (χ1v) is 9.87. The molecule has 0 amide bonds. The molecule has 0 atom stereocenters. The van der Waals surface area contributed by atoms with E-state index in [2.05, 4.69) is 27.0 Å². The first kappa shape index (κ1) is 19.5. The van der Waals surface area contributed by atoms with Crippen LogP contribution in [0.25, 0.3) is 22.4 Å². The number of nitriles is 1. The van der Waals surface area contributed by atoms with Crippen LogP contribution < -0.4 is 10.5 Å². The van der Waals surface area contributed by atoms with E-state index < -0.39 is 0 Å². The minimum atomic E-state index is -0.0409. The number of pyridine rings is 1. The Bertz CT molecular complexity index is 1250. The second kappa shape index (κ2) is 8.27. The van der Waals surface area contributed by atoms with Gasteiger partial charge in [0, 0.05) is 15.6 Å². The number of nitrogens with two attached hydrogens (primary N) is 1. The molecule has 1 heterocycles. The Hall–Kier alpha value is -3.82. The van der Waals surface area contributed by atoms with Gasteiger partial charge in [-0.3, -0.25) is 0 Å². The predicted molar refractivity (Wildman–Crippen MR) is 120 cm³/mol. The molecule has 3 aromatic carbocycles. The molecule has 4 rings (SSSR count). The van der Waals surface area contributed by atoms with E-state index >= 15 is 0 Å². The van der Waals surface area contributed by atoms with Crippen LogP contribution in [0.1, 0.15) is 5.56 Å². The molecular weight excluding hydrogens is 442 g/mol. The lowest BCUT2D eigenvalue weighted by molar-refractivity contribution is 0.411. The average molecular weight is 458 g/mol. The maximum absolute atomic E-state index is 10.5. The molecule has 0 saturated heterocycles. The van der Waals surface area contributed by atoms with Crippen molar-refractivity contribution in [2.24, 2.45) is 0 Å². The zero-order valence-electron chi connectivity index (χ0n) is 15.7. The summed E-state index contributed by atoms with van der Waals surface area (Å²) in [6, 6.07) is 25.7. The fourth-order valence-electron chi connectivity index (χ4n) is 3.07. The Labute approximate surface area is 182 Å². The summed E-state index contributed by atoms with van der Waals surface area (Å²) in [5.74, 6) is 1.03. The number of aromatic nitrogens is 1. The number of para-hydroxylation sites is 1. The SMILES string of the molecule is N#Cc1c(-c2ccc(Oc3ccccc3)c(O)c2)cc(-c2ccc(Br)cc2)nc1N. The number of nitrogens with zero attached hydrogens (tertiary/aromatic N) is 2. The van der Waals surface area contributed by atoms with Crippen LogP contribution in [0.2, 0.25) is 0 Å². The summed E-state index contributed by atoms with van der Waals surface area (Å²) in [6.07, 6.45) is 0. The molecule has 5 nitrogen and oxygen atoms in total. The molecule has 0 saturated carbocycles. The van der Waals surface area contributed by atoms with E-state index in [1.807, 2.05) is 42.5 Å². The largest absolute Gasteiger partial charge is 0.504 e. The number of halogens is 1. The van der Waals surface area contributed by atoms with E-state index in [1.54, 1.807) is 36.4 Å². The number of anilines is 1. The molecule has 0 fully saturated rings. The third-order valence-corrected chi connectivity index (χ3v) is 5.07. The van der Waals surface area contributed by atoms with Crippen molar-refractivity contribution in [3.63, 3.8) is 0 Å². The lowest BCUT2D eigenvalue weighted by Crippen LogP contribution is -2.00. The van der Waals surface area contributed by atoms with Crippen LogP contribution in [0.3, 0.4) is 0 Å². The summed E-state index contributed by atoms with van der Waals surface area (Å²) in [4.78, 5) is 4.38. The number of rotatable bonds is 4. The summed E-state index contributed by atoms with van der Waals surface area (Å²) in [7, 11) is 0. The fraction of sp³-hybridized carbons (Fsp3) is 0. The molecule has 0 aliphatic heterocycles. The Balaban J connectivity index is 1.76. The normalized spacial score (nSPS) is 10.4. The van der Waals surface area contributed by atoms with Gasteiger partial charge in [-0.15, -0.1) is 0 Å². The molecule has 0 aliphatic carbocycles. The molecular formula is C24H16BrN3O2. The van der Waals surface area contributed by atoms with E-state index in [1.165, 1.54) is 0 Å². The standard InChI is InChI=1S/C24H16BrN3O2/c25-17-9-6-15(7-10-17)21-13-19(20(14-26)24(27)28-21)16-8-11-23(22(29)12-16)30-18-4-2-1-3-5-18/h1-13,29H,(H2,27,28). The number of ether oxygens (including phenoxy) is 1. The van der Waals surface area contributed by atoms with Gasteiger partial charge in [0.05, 0.1) is 5.69 Å². The van der Waals surface area contributed by atoms with Crippen molar-refractivity contribution in [3.8, 4) is 45.7 Å². The molecule has 0 bridgehead atoms. The molecule has 146 valence electrons. The van der Waals surface area contributed by atoms with Crippen molar-refractivity contribution < 1.29 is 9.84 Å². The quantitative estimate of drug-likeness (QED) is 0.384. The molecule has 0 aliphatic rings. The molecule has 0 radical (unpaired) electrons. The van der Waals surface area contributed by atoms with Crippen LogP contribution in [0.5, 0.6) is 17.2 Å². The average Bonchev–Trinajstić information content (AvgIpc) is 2.76. The number of phenols is 1. The van der Waals surface area contributed by atoms with Crippen LogP contribution in [0.4, 0.5) is 5.82 Å². The van der Waals surface area contributed by atoms with E-state index in [9.17, 15) is 10.4 Å². The Morgan fingerprint density at radius 1 is 0.933 bits per heavy atom. The third kappa shape index (κ3) is 3.97. The molecule has 1 aromatic heterocycles. The van der Waals surface area contributed by atoms with Crippen molar-refractivity contribution in [2.75, 3.05) is 5.73 Å². The van der Waals surface area contributed by atoms with E-state index in [-0.39, 0.29) is 17.1 Å². The first-order chi connectivity index (χ1) is 14.5. The Morgan fingerprint density at radius 2 is 1.63 bits per heavy atom. The van der Waals surface area contributed by atoms with Gasteiger partial charge in [0.15, 0.2) is 11.5 Å². The van der Waals surface area contributed by atoms with Gasteiger partial charge in [-0.2, -0.15) is 5.26 Å². The topological polar surface area (TPSA) is 92.2 Å². The summed E-state index contributed by atoms with van der Waals surface area (Å²) >= 11 is 3.42. The highest BCUT2D eigenvalue weighted by Gasteiger charge is 2.15. The van der Waals surface area contributed by atoms with Crippen LogP contribution in [-0.4, -0.2) is 10.1 Å². The molecule has 3 N–H and O–H groups in total. The highest BCUT2D eigenvalue weighted by Crippen LogP contribution is 2.37. The Morgan fingerprint density at radius 3 is 2.30 bits per heavy atom. The highest BCUT2D eigenvalue weighted by molar-refractivity contribution is 9.10. The number of benzene rings is 3. The summed E-state index contributed by atoms with van der Waals surface area (Å²) in [5.41, 5.74) is 9.06. The second-order valence-corrected chi connectivity index (χ2v) is 7.45. The zero-order chi connectivity index (χ0) is 21.1. The maximum atomic E-state index is 10.5. The smallest absolute Gasteiger partial charge is 0.169 e. The predicted octanol–water partition coefficient (Wildman–Crippen LogP) is 6.13. The first-order valence-electron chi connectivity index (χ1n) is 9.08. The van der Waals surface area contributed by atoms with E-state index in [0.717, 1.165) is 10.0 Å². The van der Waals surface area contributed by atoms with Gasteiger partial charge >= 0.3 is 0 Å². The van der Waals surface area contributed by atoms with Crippen molar-refractivity contribution >= 4 is 21.7 Å². The molecule has 0 unspecified atom stereocenters. The third-order valence-electron chi connectivity index (χ3n) is 4.54. The maximum Gasteiger partial charge on any atom is 0.169 e. The van der Waals surface area contributed by atoms with Gasteiger partial charge in [0.1, 0.15) is 23.2 Å². The summed E-state index contributed by atoms with van der Waals surface area (Å²) in [5, 5.41) is 20.1. The Kier molecular flexibility index (Phi) is 5.38. The minimum absolute atomic E-state index is 0.0409. The molecule has 6 heteroatoms. The number of phenolic OH excluding ortho intramolecular Hbond substituents is 1. The van der Waals surface area contributed by atoms with Crippen LogP contribution in [-0.2, 0) is 0 Å². The van der Waals surface area contributed by atoms with Crippen molar-refractivity contribution in [1.82, 2.24) is 4.98 Å². The van der Waals surface area contributed by atoms with Gasteiger partial charge in [0.25, 0.3) is 0 Å². The molecule has 4 aromatic rings. The van der Waals surface area contributed by atoms with E-state index in [0.29, 0.717) is 28.3 Å². The summed E-state index contributed by atoms with van der Waals surface area (Å²) in [6.45, 7) is 0. The van der Waals surface area contributed by atoms with Gasteiger partial charge in [-0.1, -0.05) is 52.3 Å². The zero-order valence-corrected chi connectivity index (χ0v) is 17.3. The van der Waals surface area contributed by atoms with Gasteiger partial charge in [-0.05, 0) is 48.0 Å². The number of hydrogen-bond acceptors (Lipinski definition) is 5. The number of hydrogen-bond donors (Lipinski definition) is 2. The van der Waals surface area contributed by atoms with Crippen LogP contribution >= 0.6 is 15.9 Å². The second-order valence-electron chi connectivity index (χ2n) is 6.53. The molecule has 0 spiro atoms. The van der Waals surface area contributed by atoms with Crippen LogP contribution in [0.15, 0.2) is 83.3 Å². The lowest BCUT2D eigenvalue weighted by Gasteiger charge is -2.12. The van der Waals surface area contributed by atoms with Gasteiger partial charge in [0.2, 0.25) is 0 Å². The van der Waals surface area contributed by atoms with Crippen LogP contribution in [0, 0.1) is 11.3 Å². The lowest BCUT2D eigenvalue weighted by atomic mass is 9.98. The number of aromatic hydroxyl groups is 1. The van der Waals surface area contributed by atoms with Gasteiger partial charge in [-0.25, -0.2) is 4.98 Å². The highest BCUT2D eigenvalue weighted by atomic mass is 79.9. The monoisotopic (exact) mass is 457 g/mol. The summed E-state index contributed by atoms with van der Waals surface area (Å²) < 4.78 is 6.68. The minimum Gasteiger partial charge on any atom is -0.504 e. The van der Waals surface area contributed by atoms with Crippen molar-refractivity contribution in [3.05, 3.63) is 88.9 Å². The van der Waals surface area contributed by atoms with Crippen molar-refractivity contribution in [2.45, 2.75) is 0 Å². The fourth-order valence-corrected chi connectivity index (χ4v) is 3.33. The van der Waals surface area contributed by atoms with E-state index in [4.69, 9.17) is 10.5 Å². The van der Waals surface area contributed by atoms with Gasteiger partial charge < -0.3 is 15.6 Å². The van der Waals surface area contributed by atoms with Crippen molar-refractivity contribution in [1.29, 1.82) is 5.26 Å². The molecule has 30 heavy (non-hydrogen) atoms. The number of nitrogen functional groups attached to an aromatic ring is 1.